The maximum Gasteiger partial charge on any atom is 0.449 e. The average Bonchev–Trinajstić information content (AvgIpc) is 3.28. The van der Waals surface area contributed by atoms with E-state index in [0.717, 1.165) is 38.3 Å². The Labute approximate surface area is 208 Å². The molecule has 10 nitrogen and oxygen atoms in total. The van der Waals surface area contributed by atoms with Crippen LogP contribution in [0.25, 0.3) is 0 Å². The molecule has 0 bridgehead atoms. The summed E-state index contributed by atoms with van der Waals surface area (Å²) >= 11 is 0. The lowest BCUT2D eigenvalue weighted by Gasteiger charge is -2.41. The number of hydrogen-bond acceptors (Lipinski definition) is 5. The van der Waals surface area contributed by atoms with Crippen molar-refractivity contribution < 1.29 is 32.3 Å². The lowest BCUT2D eigenvalue weighted by molar-refractivity contribution is -0.144. The Balaban J connectivity index is 1.64. The molecule has 1 atom stereocenters. The highest BCUT2D eigenvalue weighted by molar-refractivity contribution is 5.88. The zero-order valence-electron chi connectivity index (χ0n) is 20.9. The maximum atomic E-state index is 13.1. The normalized spacial score (nSPS) is 19.7. The molecule has 2 aliphatic rings. The van der Waals surface area contributed by atoms with E-state index in [1.807, 2.05) is 0 Å². The van der Waals surface area contributed by atoms with E-state index in [1.165, 1.54) is 9.80 Å². The molecule has 3 N–H and O–H groups in total. The van der Waals surface area contributed by atoms with Crippen LogP contribution in [0.15, 0.2) is 6.20 Å². The summed E-state index contributed by atoms with van der Waals surface area (Å²) in [6, 6.07) is -1.29. The van der Waals surface area contributed by atoms with Crippen LogP contribution < -0.4 is 10.6 Å². The standard InChI is InChI=1S/C23H35F3N6O4/c1-22(2,3)36-21(35)31-11-12-32(20(34)30-15-7-5-4-6-8-15)17(14-31)18(33)27-10-9-16-13-28-19(29-16)23(24,25)26/h13,15,17H,4-12,14H2,1-3H3,(H,27,33)(H,28,29)(H,30,34)/t17-/m1/s1. The second kappa shape index (κ2) is 11.4. The van der Waals surface area contributed by atoms with Crippen molar-refractivity contribution >= 4 is 18.0 Å². The Bertz CT molecular complexity index is 924. The van der Waals surface area contributed by atoms with Gasteiger partial charge in [-0.05, 0) is 33.6 Å². The molecule has 1 saturated carbocycles. The Kier molecular flexibility index (Phi) is 8.72. The number of H-pyrrole nitrogens is 1. The van der Waals surface area contributed by atoms with Crippen molar-refractivity contribution in [3.8, 4) is 0 Å². The van der Waals surface area contributed by atoms with E-state index < -0.39 is 35.6 Å². The average molecular weight is 517 g/mol. The fourth-order valence-electron chi connectivity index (χ4n) is 4.32. The van der Waals surface area contributed by atoms with E-state index in [0.29, 0.717) is 0 Å². The Hall–Kier alpha value is -2.99. The van der Waals surface area contributed by atoms with Gasteiger partial charge in [-0.1, -0.05) is 19.3 Å². The lowest BCUT2D eigenvalue weighted by atomic mass is 9.95. The van der Waals surface area contributed by atoms with Crippen LogP contribution in [0.5, 0.6) is 0 Å². The summed E-state index contributed by atoms with van der Waals surface area (Å²) in [5.41, 5.74) is -0.502. The fraction of sp³-hybridized carbons (Fsp3) is 0.739. The van der Waals surface area contributed by atoms with Crippen molar-refractivity contribution in [3.05, 3.63) is 17.7 Å². The molecule has 0 radical (unpaired) electrons. The molecule has 202 valence electrons. The predicted molar refractivity (Wildman–Crippen MR) is 124 cm³/mol. The van der Waals surface area contributed by atoms with Crippen molar-refractivity contribution in [1.29, 1.82) is 0 Å². The van der Waals surface area contributed by atoms with Crippen molar-refractivity contribution in [1.82, 2.24) is 30.4 Å². The number of carbonyl (C=O) groups excluding carboxylic acids is 3. The van der Waals surface area contributed by atoms with E-state index in [1.54, 1.807) is 20.8 Å². The van der Waals surface area contributed by atoms with Crippen molar-refractivity contribution in [2.75, 3.05) is 26.2 Å². The van der Waals surface area contributed by atoms with Gasteiger partial charge < -0.3 is 30.2 Å². The third-order valence-electron chi connectivity index (χ3n) is 6.12. The zero-order valence-corrected chi connectivity index (χ0v) is 20.9. The Morgan fingerprint density at radius 1 is 1.14 bits per heavy atom. The smallest absolute Gasteiger partial charge is 0.444 e. The van der Waals surface area contributed by atoms with Crippen LogP contribution in [0.4, 0.5) is 22.8 Å². The second-order valence-corrected chi connectivity index (χ2v) is 10.2. The number of hydrogen-bond donors (Lipinski definition) is 3. The molecule has 13 heteroatoms. The van der Waals surface area contributed by atoms with Gasteiger partial charge in [0.25, 0.3) is 0 Å². The third kappa shape index (κ3) is 7.76. The summed E-state index contributed by atoms with van der Waals surface area (Å²) in [5, 5.41) is 5.68. The molecule has 1 aromatic heterocycles. The summed E-state index contributed by atoms with van der Waals surface area (Å²) in [5.74, 6) is -1.60. The van der Waals surface area contributed by atoms with Gasteiger partial charge in [0, 0.05) is 44.0 Å². The first-order chi connectivity index (χ1) is 16.8. The number of amides is 4. The van der Waals surface area contributed by atoms with Crippen LogP contribution in [0, 0.1) is 0 Å². The molecule has 2 heterocycles. The van der Waals surface area contributed by atoms with Crippen LogP contribution in [0.2, 0.25) is 0 Å². The molecule has 0 unspecified atom stereocenters. The van der Waals surface area contributed by atoms with Gasteiger partial charge >= 0.3 is 18.3 Å². The van der Waals surface area contributed by atoms with Gasteiger partial charge in [0.1, 0.15) is 11.6 Å². The highest BCUT2D eigenvalue weighted by atomic mass is 19.4. The van der Waals surface area contributed by atoms with E-state index in [2.05, 4.69) is 20.6 Å². The lowest BCUT2D eigenvalue weighted by Crippen LogP contribution is -2.64. The third-order valence-corrected chi connectivity index (χ3v) is 6.12. The minimum absolute atomic E-state index is 0.0271. The summed E-state index contributed by atoms with van der Waals surface area (Å²) in [6.07, 6.45) is 0.957. The first-order valence-corrected chi connectivity index (χ1v) is 12.3. The maximum absolute atomic E-state index is 13.1. The highest BCUT2D eigenvalue weighted by Crippen LogP contribution is 2.26. The van der Waals surface area contributed by atoms with Gasteiger partial charge in [0.15, 0.2) is 0 Å². The molecule has 0 aromatic carbocycles. The van der Waals surface area contributed by atoms with Crippen molar-refractivity contribution in [2.45, 2.75) is 83.2 Å². The number of piperazine rings is 1. The van der Waals surface area contributed by atoms with Crippen molar-refractivity contribution in [2.24, 2.45) is 0 Å². The van der Waals surface area contributed by atoms with Crippen LogP contribution in [0.3, 0.4) is 0 Å². The van der Waals surface area contributed by atoms with Gasteiger partial charge in [0.05, 0.1) is 6.54 Å². The number of halogens is 3. The number of imidazole rings is 1. The summed E-state index contributed by atoms with van der Waals surface area (Å²) in [7, 11) is 0. The molecular formula is C23H35F3N6O4. The molecule has 1 aliphatic carbocycles. The number of nitrogens with zero attached hydrogens (tertiary/aromatic N) is 3. The van der Waals surface area contributed by atoms with Crippen LogP contribution in [-0.4, -0.2) is 81.7 Å². The number of alkyl halides is 3. The minimum atomic E-state index is -4.58. The quantitative estimate of drug-likeness (QED) is 0.556. The molecule has 36 heavy (non-hydrogen) atoms. The first kappa shape index (κ1) is 27.6. The largest absolute Gasteiger partial charge is 0.449 e. The molecule has 4 amide bonds. The van der Waals surface area contributed by atoms with E-state index >= 15 is 0 Å². The SMILES string of the molecule is CC(C)(C)OC(=O)N1CCN(C(=O)NC2CCCCC2)[C@@H](C(=O)NCCc2cnc(C(F)(F)F)[nH]2)C1. The van der Waals surface area contributed by atoms with Crippen LogP contribution in [0.1, 0.15) is 64.4 Å². The summed E-state index contributed by atoms with van der Waals surface area (Å²) in [4.78, 5) is 47.1. The molecule has 1 saturated heterocycles. The zero-order chi connectivity index (χ0) is 26.5. The van der Waals surface area contributed by atoms with Gasteiger partial charge in [-0.3, -0.25) is 4.79 Å². The molecular weight excluding hydrogens is 481 g/mol. The number of aromatic nitrogens is 2. The number of urea groups is 1. The Morgan fingerprint density at radius 2 is 1.83 bits per heavy atom. The van der Waals surface area contributed by atoms with E-state index in [-0.39, 0.29) is 50.4 Å². The minimum Gasteiger partial charge on any atom is -0.444 e. The summed E-state index contributed by atoms with van der Waals surface area (Å²) < 4.78 is 43.6. The predicted octanol–water partition coefficient (Wildman–Crippen LogP) is 3.05. The van der Waals surface area contributed by atoms with Gasteiger partial charge in [0.2, 0.25) is 11.7 Å². The Morgan fingerprint density at radius 3 is 2.44 bits per heavy atom. The molecule has 1 aromatic rings. The molecule has 1 aliphatic heterocycles. The fourth-order valence-corrected chi connectivity index (χ4v) is 4.32. The van der Waals surface area contributed by atoms with Gasteiger partial charge in [-0.15, -0.1) is 0 Å². The van der Waals surface area contributed by atoms with Gasteiger partial charge in [-0.2, -0.15) is 13.2 Å². The monoisotopic (exact) mass is 516 g/mol. The number of aromatic amines is 1. The van der Waals surface area contributed by atoms with E-state index in [4.69, 9.17) is 4.74 Å². The van der Waals surface area contributed by atoms with Crippen LogP contribution >= 0.6 is 0 Å². The van der Waals surface area contributed by atoms with E-state index in [9.17, 15) is 27.6 Å². The van der Waals surface area contributed by atoms with Gasteiger partial charge in [-0.25, -0.2) is 14.6 Å². The molecule has 3 rings (SSSR count). The number of ether oxygens (including phenoxy) is 1. The first-order valence-electron chi connectivity index (χ1n) is 12.3. The number of nitrogens with one attached hydrogen (secondary N) is 3. The van der Waals surface area contributed by atoms with Crippen molar-refractivity contribution in [3.63, 3.8) is 0 Å². The molecule has 0 spiro atoms. The second-order valence-electron chi connectivity index (χ2n) is 10.2. The molecule has 2 fully saturated rings. The van der Waals surface area contributed by atoms with Crippen LogP contribution in [-0.2, 0) is 22.1 Å². The summed E-state index contributed by atoms with van der Waals surface area (Å²) in [6.45, 7) is 5.55. The topological polar surface area (TPSA) is 120 Å². The number of rotatable bonds is 5. The highest BCUT2D eigenvalue weighted by Gasteiger charge is 2.39. The number of carbonyl (C=O) groups is 3.